The van der Waals surface area contributed by atoms with E-state index in [-0.39, 0.29) is 17.4 Å². The topological polar surface area (TPSA) is 60.8 Å². The number of fused-ring (bicyclic) bond motifs is 5. The van der Waals surface area contributed by atoms with Crippen molar-refractivity contribution in [2.24, 2.45) is 23.2 Å². The highest BCUT2D eigenvalue weighted by atomic mass is 16.3. The lowest BCUT2D eigenvalue weighted by Gasteiger charge is -2.54. The van der Waals surface area contributed by atoms with Crippen molar-refractivity contribution in [3.8, 4) is 5.75 Å². The number of aliphatic hydroxyl groups excluding tert-OH is 1. The summed E-state index contributed by atoms with van der Waals surface area (Å²) in [6, 6.07) is 6.42. The molecule has 4 heteroatoms. The molecule has 0 spiro atoms. The molecule has 0 radical (unpaired) electrons. The standard InChI is InChI=1S/C33H53NO3/c1-23(2)34(4)31(37)14-12-10-8-6-5-7-9-11-13-25-22-33(3)29(19-20-30(33)36)28-17-15-24-21-26(35)16-18-27(24)32(25)28/h16,18,21,23,25,28-30,32,35-36H,5-15,17,19-20,22H2,1-4H3/t25-,28-,29-,30-,32+,33-/m0/s1. The van der Waals surface area contributed by atoms with Gasteiger partial charge in [-0.15, -0.1) is 0 Å². The lowest BCUT2D eigenvalue weighted by molar-refractivity contribution is -0.131. The Kier molecular flexibility index (Phi) is 9.64. The molecule has 0 aliphatic heterocycles. The maximum Gasteiger partial charge on any atom is 0.222 e. The molecule has 4 rings (SSSR count). The second-order valence-corrected chi connectivity index (χ2v) is 13.2. The van der Waals surface area contributed by atoms with Crippen LogP contribution in [0.4, 0.5) is 0 Å². The highest BCUT2D eigenvalue weighted by Crippen LogP contribution is 2.63. The number of amides is 1. The number of phenolic OH excluding ortho intramolecular Hbond substituents is 1. The molecular weight excluding hydrogens is 458 g/mol. The van der Waals surface area contributed by atoms with E-state index in [1.165, 1.54) is 75.3 Å². The molecule has 1 aromatic carbocycles. The predicted molar refractivity (Wildman–Crippen MR) is 152 cm³/mol. The van der Waals surface area contributed by atoms with Crippen LogP contribution in [0.5, 0.6) is 5.75 Å². The van der Waals surface area contributed by atoms with Gasteiger partial charge in [0.25, 0.3) is 0 Å². The molecule has 0 unspecified atom stereocenters. The number of aromatic hydroxyl groups is 1. The zero-order valence-electron chi connectivity index (χ0n) is 24.1. The molecule has 1 amide bonds. The van der Waals surface area contributed by atoms with Gasteiger partial charge in [-0.1, -0.05) is 57.9 Å². The highest BCUT2D eigenvalue weighted by Gasteiger charge is 2.57. The van der Waals surface area contributed by atoms with Gasteiger partial charge in [-0.2, -0.15) is 0 Å². The Morgan fingerprint density at radius 2 is 1.70 bits per heavy atom. The third kappa shape index (κ3) is 6.37. The van der Waals surface area contributed by atoms with Gasteiger partial charge in [-0.25, -0.2) is 0 Å². The number of hydrogen-bond donors (Lipinski definition) is 2. The first-order valence-electron chi connectivity index (χ1n) is 15.5. The van der Waals surface area contributed by atoms with E-state index in [0.29, 0.717) is 41.9 Å². The van der Waals surface area contributed by atoms with Crippen molar-refractivity contribution in [3.05, 3.63) is 29.3 Å². The van der Waals surface area contributed by atoms with Gasteiger partial charge in [-0.3, -0.25) is 4.79 Å². The van der Waals surface area contributed by atoms with Gasteiger partial charge >= 0.3 is 0 Å². The Bertz CT molecular complexity index is 898. The third-order valence-electron chi connectivity index (χ3n) is 10.7. The molecule has 37 heavy (non-hydrogen) atoms. The van der Waals surface area contributed by atoms with E-state index in [0.717, 1.165) is 25.7 Å². The Labute approximate surface area is 226 Å². The monoisotopic (exact) mass is 511 g/mol. The van der Waals surface area contributed by atoms with Crippen molar-refractivity contribution in [1.82, 2.24) is 4.90 Å². The fraction of sp³-hybridized carbons (Fsp3) is 0.788. The van der Waals surface area contributed by atoms with Crippen LogP contribution in [0.25, 0.3) is 0 Å². The van der Waals surface area contributed by atoms with Gasteiger partial charge in [0.2, 0.25) is 5.91 Å². The summed E-state index contributed by atoms with van der Waals surface area (Å²) in [4.78, 5) is 14.0. The molecule has 3 aliphatic rings. The molecule has 3 aliphatic carbocycles. The molecule has 1 aromatic rings. The normalized spacial score (nSPS) is 30.6. The number of benzene rings is 1. The summed E-state index contributed by atoms with van der Waals surface area (Å²) in [5.41, 5.74) is 2.96. The van der Waals surface area contributed by atoms with Crippen molar-refractivity contribution in [1.29, 1.82) is 0 Å². The molecular formula is C33H53NO3. The second kappa shape index (κ2) is 12.5. The number of aliphatic hydroxyl groups is 1. The summed E-state index contributed by atoms with van der Waals surface area (Å²) in [5, 5.41) is 21.1. The predicted octanol–water partition coefficient (Wildman–Crippen LogP) is 7.60. The first-order valence-corrected chi connectivity index (χ1v) is 15.5. The summed E-state index contributed by atoms with van der Waals surface area (Å²) in [5.74, 6) is 3.26. The lowest BCUT2D eigenvalue weighted by atomic mass is 9.51. The van der Waals surface area contributed by atoms with Crippen molar-refractivity contribution in [3.63, 3.8) is 0 Å². The average Bonchev–Trinajstić information content (AvgIpc) is 3.17. The van der Waals surface area contributed by atoms with Gasteiger partial charge in [0.1, 0.15) is 5.75 Å². The third-order valence-corrected chi connectivity index (χ3v) is 10.7. The minimum atomic E-state index is -0.136. The number of unbranched alkanes of at least 4 members (excludes halogenated alkanes) is 7. The summed E-state index contributed by atoms with van der Waals surface area (Å²) >= 11 is 0. The van der Waals surface area contributed by atoms with Crippen LogP contribution in [0.15, 0.2) is 18.2 Å². The molecule has 0 bridgehead atoms. The Balaban J connectivity index is 1.22. The van der Waals surface area contributed by atoms with Crippen molar-refractivity contribution in [2.75, 3.05) is 7.05 Å². The maximum atomic E-state index is 12.1. The summed E-state index contributed by atoms with van der Waals surface area (Å²) in [7, 11) is 1.91. The fourth-order valence-electron chi connectivity index (χ4n) is 8.34. The van der Waals surface area contributed by atoms with Crippen LogP contribution in [0.2, 0.25) is 0 Å². The molecule has 208 valence electrons. The minimum Gasteiger partial charge on any atom is -0.508 e. The maximum absolute atomic E-state index is 12.1. The SMILES string of the molecule is CC(C)N(C)C(=O)CCCCCCCCCC[C@H]1C[C@]2(C)[C@@H](O)CC[C@H]2[C@@H]2CCc3cc(O)ccc3[C@@H]12. The lowest BCUT2D eigenvalue weighted by Crippen LogP contribution is -2.47. The van der Waals surface area contributed by atoms with Crippen LogP contribution < -0.4 is 0 Å². The van der Waals surface area contributed by atoms with Crippen molar-refractivity contribution in [2.45, 2.75) is 135 Å². The smallest absolute Gasteiger partial charge is 0.222 e. The molecule has 2 N–H and O–H groups in total. The summed E-state index contributed by atoms with van der Waals surface area (Å²) in [6.07, 6.45) is 17.3. The quantitative estimate of drug-likeness (QED) is 0.284. The van der Waals surface area contributed by atoms with Crippen LogP contribution in [0.3, 0.4) is 0 Å². The summed E-state index contributed by atoms with van der Waals surface area (Å²) in [6.45, 7) is 6.53. The van der Waals surface area contributed by atoms with E-state index >= 15 is 0 Å². The number of aryl methyl sites for hydroxylation is 1. The number of carbonyl (C=O) groups excluding carboxylic acids is 1. The van der Waals surface area contributed by atoms with Crippen LogP contribution in [-0.4, -0.2) is 40.2 Å². The van der Waals surface area contributed by atoms with Crippen molar-refractivity contribution >= 4 is 5.91 Å². The number of phenols is 1. The average molecular weight is 512 g/mol. The Hall–Kier alpha value is -1.55. The largest absolute Gasteiger partial charge is 0.508 e. The number of hydrogen-bond acceptors (Lipinski definition) is 3. The van der Waals surface area contributed by atoms with Crippen LogP contribution in [0.1, 0.15) is 128 Å². The summed E-state index contributed by atoms with van der Waals surface area (Å²) < 4.78 is 0. The first kappa shape index (κ1) is 28.5. The Morgan fingerprint density at radius 1 is 1.03 bits per heavy atom. The zero-order chi connectivity index (χ0) is 26.6. The molecule has 0 saturated heterocycles. The van der Waals surface area contributed by atoms with E-state index < -0.39 is 0 Å². The fourth-order valence-corrected chi connectivity index (χ4v) is 8.34. The van der Waals surface area contributed by atoms with E-state index in [2.05, 4.69) is 26.8 Å². The number of nitrogens with zero attached hydrogens (tertiary/aromatic N) is 1. The van der Waals surface area contributed by atoms with Crippen LogP contribution in [0, 0.1) is 23.2 Å². The number of carbonyl (C=O) groups is 1. The van der Waals surface area contributed by atoms with E-state index in [1.54, 1.807) is 0 Å². The van der Waals surface area contributed by atoms with E-state index in [9.17, 15) is 15.0 Å². The van der Waals surface area contributed by atoms with Gasteiger partial charge in [0, 0.05) is 19.5 Å². The molecule has 0 aromatic heterocycles. The minimum absolute atomic E-state index is 0.0889. The molecule has 2 saturated carbocycles. The van der Waals surface area contributed by atoms with Crippen molar-refractivity contribution < 1.29 is 15.0 Å². The molecule has 0 heterocycles. The van der Waals surface area contributed by atoms with Gasteiger partial charge in [0.15, 0.2) is 0 Å². The van der Waals surface area contributed by atoms with Crippen LogP contribution in [-0.2, 0) is 11.2 Å². The van der Waals surface area contributed by atoms with Crippen LogP contribution >= 0.6 is 0 Å². The first-order chi connectivity index (χ1) is 17.7. The second-order valence-electron chi connectivity index (χ2n) is 13.2. The highest BCUT2D eigenvalue weighted by molar-refractivity contribution is 5.76. The van der Waals surface area contributed by atoms with Gasteiger partial charge < -0.3 is 15.1 Å². The molecule has 6 atom stereocenters. The molecule has 2 fully saturated rings. The van der Waals surface area contributed by atoms with Gasteiger partial charge in [0.05, 0.1) is 6.10 Å². The molecule has 4 nitrogen and oxygen atoms in total. The van der Waals surface area contributed by atoms with Gasteiger partial charge in [-0.05, 0) is 111 Å². The van der Waals surface area contributed by atoms with E-state index in [4.69, 9.17) is 0 Å². The van der Waals surface area contributed by atoms with E-state index in [1.807, 2.05) is 24.1 Å². The number of rotatable bonds is 12. The zero-order valence-corrected chi connectivity index (χ0v) is 24.1. The Morgan fingerprint density at radius 3 is 2.41 bits per heavy atom.